The van der Waals surface area contributed by atoms with Gasteiger partial charge >= 0.3 is 6.09 Å². The van der Waals surface area contributed by atoms with Crippen molar-refractivity contribution in [1.82, 2.24) is 19.9 Å². The summed E-state index contributed by atoms with van der Waals surface area (Å²) in [6.45, 7) is 1.44. The van der Waals surface area contributed by atoms with Crippen molar-refractivity contribution in [2.75, 3.05) is 13.2 Å². The molecular formula is C32H34N4O3. The molecule has 3 heterocycles. The minimum Gasteiger partial charge on any atom is -0.441 e. The molecule has 0 unspecified atom stereocenters. The van der Waals surface area contributed by atoms with Gasteiger partial charge in [0.1, 0.15) is 11.7 Å². The maximum absolute atomic E-state index is 13.2. The van der Waals surface area contributed by atoms with E-state index in [1.165, 1.54) is 0 Å². The minimum absolute atomic E-state index is 0.198. The third-order valence-corrected chi connectivity index (χ3v) is 7.96. The molecule has 1 amide bonds. The largest absolute Gasteiger partial charge is 0.441 e. The van der Waals surface area contributed by atoms with Crippen LogP contribution in [0.15, 0.2) is 97.2 Å². The van der Waals surface area contributed by atoms with E-state index < -0.39 is 11.7 Å². The fourth-order valence-electron chi connectivity index (χ4n) is 5.95. The number of rotatable bonds is 6. The fraction of sp³-hybridized carbons (Fsp3) is 0.344. The van der Waals surface area contributed by atoms with Gasteiger partial charge in [-0.05, 0) is 36.0 Å². The molecule has 7 heteroatoms. The number of ether oxygens (including phenoxy) is 2. The van der Waals surface area contributed by atoms with Crippen molar-refractivity contribution in [3.63, 3.8) is 0 Å². The highest BCUT2D eigenvalue weighted by Gasteiger charge is 2.45. The van der Waals surface area contributed by atoms with Gasteiger partial charge in [0, 0.05) is 6.54 Å². The molecule has 0 saturated carbocycles. The molecule has 0 bridgehead atoms. The zero-order valence-electron chi connectivity index (χ0n) is 22.1. The number of amides is 1. The Morgan fingerprint density at radius 1 is 0.821 bits per heavy atom. The zero-order valence-corrected chi connectivity index (χ0v) is 22.1. The average molecular weight is 523 g/mol. The molecular weight excluding hydrogens is 488 g/mol. The molecule has 1 saturated heterocycles. The van der Waals surface area contributed by atoms with E-state index in [1.807, 2.05) is 70.4 Å². The summed E-state index contributed by atoms with van der Waals surface area (Å²) in [6, 6.07) is 30.6. The van der Waals surface area contributed by atoms with Crippen LogP contribution in [0, 0.1) is 0 Å². The van der Waals surface area contributed by atoms with E-state index in [2.05, 4.69) is 46.7 Å². The fourth-order valence-corrected chi connectivity index (χ4v) is 5.95. The summed E-state index contributed by atoms with van der Waals surface area (Å²) in [4.78, 5) is 15.0. The second-order valence-corrected chi connectivity index (χ2v) is 10.3. The Bertz CT molecular complexity index is 1260. The quantitative estimate of drug-likeness (QED) is 0.309. The van der Waals surface area contributed by atoms with Gasteiger partial charge in [-0.3, -0.25) is 4.90 Å². The van der Waals surface area contributed by atoms with E-state index >= 15 is 0 Å². The number of aromatic nitrogens is 3. The Hall–Kier alpha value is -3.97. The van der Waals surface area contributed by atoms with Gasteiger partial charge in [-0.2, -0.15) is 0 Å². The summed E-state index contributed by atoms with van der Waals surface area (Å²) >= 11 is 0. The number of carbonyl (C=O) groups is 1. The summed E-state index contributed by atoms with van der Waals surface area (Å²) in [6.07, 6.45) is 6.32. The minimum atomic E-state index is -0.879. The second-order valence-electron chi connectivity index (χ2n) is 10.3. The number of aryl methyl sites for hydroxylation is 1. The van der Waals surface area contributed by atoms with Gasteiger partial charge in [0.05, 0.1) is 31.1 Å². The molecule has 2 aliphatic heterocycles. The lowest BCUT2D eigenvalue weighted by Crippen LogP contribution is -2.44. The van der Waals surface area contributed by atoms with E-state index in [9.17, 15) is 4.79 Å². The van der Waals surface area contributed by atoms with Crippen LogP contribution in [0.3, 0.4) is 0 Å². The first-order chi connectivity index (χ1) is 19.3. The molecule has 6 rings (SSSR count). The summed E-state index contributed by atoms with van der Waals surface area (Å²) in [5.41, 5.74) is 3.27. The smallest absolute Gasteiger partial charge is 0.410 e. The molecule has 39 heavy (non-hydrogen) atoms. The lowest BCUT2D eigenvalue weighted by atomic mass is 9.80. The molecule has 3 aromatic carbocycles. The molecule has 2 atom stereocenters. The Labute approximate surface area is 229 Å². The van der Waals surface area contributed by atoms with Crippen molar-refractivity contribution in [3.8, 4) is 0 Å². The standard InChI is InChI=1S/C32H34N4O3/c37-31-35-21-13-2-1-12-20-28-22-33-34-36(28)23-29(35)30(39-31)24-38-32(25-14-6-3-7-15-25,26-16-8-4-9-17-26)27-18-10-5-11-19-27/h3-11,14-19,22,29-30H,1-2,12-13,20-21,23-24H2/t29-,30-/m1/s1. The van der Waals surface area contributed by atoms with E-state index in [-0.39, 0.29) is 18.7 Å². The van der Waals surface area contributed by atoms with Crippen molar-refractivity contribution < 1.29 is 14.3 Å². The third kappa shape index (κ3) is 5.06. The number of nitrogens with zero attached hydrogens (tertiary/aromatic N) is 4. The van der Waals surface area contributed by atoms with Crippen LogP contribution >= 0.6 is 0 Å². The first-order valence-electron chi connectivity index (χ1n) is 13.9. The van der Waals surface area contributed by atoms with Crippen LogP contribution in [0.4, 0.5) is 4.79 Å². The number of hydrogen-bond donors (Lipinski definition) is 0. The topological polar surface area (TPSA) is 69.5 Å². The summed E-state index contributed by atoms with van der Waals surface area (Å²) in [7, 11) is 0. The van der Waals surface area contributed by atoms with E-state index in [0.717, 1.165) is 54.5 Å². The highest BCUT2D eigenvalue weighted by atomic mass is 16.6. The van der Waals surface area contributed by atoms with Gasteiger partial charge in [0.2, 0.25) is 0 Å². The monoisotopic (exact) mass is 522 g/mol. The van der Waals surface area contributed by atoms with E-state index in [1.54, 1.807) is 0 Å². The molecule has 0 N–H and O–H groups in total. The molecule has 0 radical (unpaired) electrons. The van der Waals surface area contributed by atoms with Crippen molar-refractivity contribution in [1.29, 1.82) is 0 Å². The van der Waals surface area contributed by atoms with Crippen LogP contribution in [0.25, 0.3) is 0 Å². The van der Waals surface area contributed by atoms with Crippen LogP contribution in [0.5, 0.6) is 0 Å². The van der Waals surface area contributed by atoms with Crippen molar-refractivity contribution in [2.45, 2.75) is 56.4 Å². The Kier molecular flexibility index (Phi) is 7.41. The lowest BCUT2D eigenvalue weighted by molar-refractivity contribution is -0.0391. The van der Waals surface area contributed by atoms with Gasteiger partial charge in [-0.15, -0.1) is 5.10 Å². The highest BCUT2D eigenvalue weighted by molar-refractivity contribution is 5.70. The van der Waals surface area contributed by atoms with E-state index in [4.69, 9.17) is 9.47 Å². The number of cyclic esters (lactones) is 1. The van der Waals surface area contributed by atoms with Crippen LogP contribution in [0.2, 0.25) is 0 Å². The van der Waals surface area contributed by atoms with Gasteiger partial charge in [0.25, 0.3) is 0 Å². The Morgan fingerprint density at radius 3 is 2.03 bits per heavy atom. The summed E-state index contributed by atoms with van der Waals surface area (Å²) in [5.74, 6) is 0. The average Bonchev–Trinajstić information content (AvgIpc) is 3.55. The van der Waals surface area contributed by atoms with Gasteiger partial charge in [0.15, 0.2) is 0 Å². The van der Waals surface area contributed by atoms with Crippen molar-refractivity contribution in [2.24, 2.45) is 0 Å². The van der Waals surface area contributed by atoms with E-state index in [0.29, 0.717) is 13.1 Å². The van der Waals surface area contributed by atoms with Crippen LogP contribution < -0.4 is 0 Å². The van der Waals surface area contributed by atoms with Crippen molar-refractivity contribution in [3.05, 3.63) is 120 Å². The molecule has 1 fully saturated rings. The maximum Gasteiger partial charge on any atom is 0.410 e. The Balaban J connectivity index is 1.38. The first kappa shape index (κ1) is 25.3. The first-order valence-corrected chi connectivity index (χ1v) is 13.9. The Morgan fingerprint density at radius 2 is 1.41 bits per heavy atom. The number of benzene rings is 3. The second kappa shape index (κ2) is 11.4. The van der Waals surface area contributed by atoms with Crippen LogP contribution in [-0.2, 0) is 28.0 Å². The molecule has 0 aliphatic carbocycles. The highest BCUT2D eigenvalue weighted by Crippen LogP contribution is 2.41. The molecule has 2 aliphatic rings. The zero-order chi connectivity index (χ0) is 26.5. The van der Waals surface area contributed by atoms with Crippen LogP contribution in [0.1, 0.15) is 48.1 Å². The number of carbonyl (C=O) groups excluding carboxylic acids is 1. The van der Waals surface area contributed by atoms with Gasteiger partial charge < -0.3 is 9.47 Å². The predicted octanol–water partition coefficient (Wildman–Crippen LogP) is 5.59. The lowest BCUT2D eigenvalue weighted by Gasteiger charge is -2.37. The van der Waals surface area contributed by atoms with Crippen molar-refractivity contribution >= 4 is 6.09 Å². The summed E-state index contributed by atoms with van der Waals surface area (Å²) in [5, 5.41) is 8.54. The molecule has 7 nitrogen and oxygen atoms in total. The van der Waals surface area contributed by atoms with Gasteiger partial charge in [-0.25, -0.2) is 9.48 Å². The number of hydrogen-bond acceptors (Lipinski definition) is 5. The normalized spacial score (nSPS) is 20.0. The maximum atomic E-state index is 13.2. The number of fused-ring (bicyclic) bond motifs is 2. The molecule has 200 valence electrons. The summed E-state index contributed by atoms with van der Waals surface area (Å²) < 4.78 is 15.0. The molecule has 0 spiro atoms. The van der Waals surface area contributed by atoms with Crippen LogP contribution in [-0.4, -0.2) is 51.3 Å². The van der Waals surface area contributed by atoms with Gasteiger partial charge in [-0.1, -0.05) is 109 Å². The third-order valence-electron chi connectivity index (χ3n) is 7.96. The molecule has 1 aromatic heterocycles. The molecule has 4 aromatic rings. The predicted molar refractivity (Wildman–Crippen MR) is 148 cm³/mol. The SMILES string of the molecule is O=C1O[C@H](COC(c2ccccc2)(c2ccccc2)c2ccccc2)[C@H]2Cn3nncc3CCCCCCN12.